The van der Waals surface area contributed by atoms with Crippen LogP contribution in [0.2, 0.25) is 0 Å². The molecule has 0 bridgehead atoms. The second-order valence-corrected chi connectivity index (χ2v) is 11.3. The van der Waals surface area contributed by atoms with Crippen molar-refractivity contribution in [1.29, 1.82) is 5.26 Å². The number of nitriles is 1. The standard InChI is InChI=1S/C34H29F3N4O2/c1-34(2)13-12-24(43-34)19-41-31-8-4-3-6-30(31)39-32(41)16-23-15-28(37)25(17-27(23)36)29-7-5-9-33(40-29)42-20-22-11-10-21(18-38)14-26(22)35/h3-11,14-15,17,24H,12-13,16,19-20H2,1-2H3. The number of hydrogen-bond acceptors (Lipinski definition) is 5. The van der Waals surface area contributed by atoms with Crippen LogP contribution in [0.1, 0.15) is 49.2 Å². The number of rotatable bonds is 8. The number of imidazole rings is 1. The zero-order valence-corrected chi connectivity index (χ0v) is 23.8. The molecule has 0 aliphatic carbocycles. The highest BCUT2D eigenvalue weighted by Gasteiger charge is 2.32. The Morgan fingerprint density at radius 2 is 1.77 bits per heavy atom. The summed E-state index contributed by atoms with van der Waals surface area (Å²) in [5.41, 5.74) is 2.28. The Morgan fingerprint density at radius 3 is 2.53 bits per heavy atom. The molecule has 6 nitrogen and oxygen atoms in total. The SMILES string of the molecule is CC1(C)CCC(Cn2c(Cc3cc(F)c(-c4cccc(OCc5ccc(C#N)cc5F)n4)cc3F)nc3ccccc32)O1. The van der Waals surface area contributed by atoms with Gasteiger partial charge in [-0.1, -0.05) is 24.3 Å². The van der Waals surface area contributed by atoms with Crippen molar-refractivity contribution in [2.24, 2.45) is 0 Å². The molecule has 43 heavy (non-hydrogen) atoms. The molecule has 2 aromatic heterocycles. The molecule has 9 heteroatoms. The molecule has 1 saturated heterocycles. The fourth-order valence-corrected chi connectivity index (χ4v) is 5.49. The van der Waals surface area contributed by atoms with Crippen LogP contribution in [-0.4, -0.2) is 26.2 Å². The first-order chi connectivity index (χ1) is 20.7. The van der Waals surface area contributed by atoms with E-state index in [4.69, 9.17) is 19.7 Å². The summed E-state index contributed by atoms with van der Waals surface area (Å²) >= 11 is 0. The summed E-state index contributed by atoms with van der Waals surface area (Å²) in [6, 6.07) is 20.7. The molecule has 6 rings (SSSR count). The summed E-state index contributed by atoms with van der Waals surface area (Å²) in [5, 5.41) is 8.92. The van der Waals surface area contributed by atoms with Crippen molar-refractivity contribution in [3.8, 4) is 23.2 Å². The van der Waals surface area contributed by atoms with Gasteiger partial charge in [-0.15, -0.1) is 0 Å². The van der Waals surface area contributed by atoms with Gasteiger partial charge in [-0.05, 0) is 74.7 Å². The molecule has 0 amide bonds. The number of benzene rings is 3. The molecule has 1 aliphatic heterocycles. The van der Waals surface area contributed by atoms with E-state index >= 15 is 8.78 Å². The van der Waals surface area contributed by atoms with Crippen LogP contribution in [0.4, 0.5) is 13.2 Å². The number of ether oxygens (including phenoxy) is 2. The summed E-state index contributed by atoms with van der Waals surface area (Å²) in [7, 11) is 0. The fraction of sp³-hybridized carbons (Fsp3) is 0.265. The van der Waals surface area contributed by atoms with E-state index in [9.17, 15) is 4.39 Å². The van der Waals surface area contributed by atoms with Crippen LogP contribution in [0.5, 0.6) is 5.88 Å². The van der Waals surface area contributed by atoms with Crippen LogP contribution in [0, 0.1) is 28.8 Å². The largest absolute Gasteiger partial charge is 0.473 e. The average molecular weight is 583 g/mol. The lowest BCUT2D eigenvalue weighted by atomic mass is 10.0. The van der Waals surface area contributed by atoms with E-state index in [2.05, 4.69) is 18.8 Å². The van der Waals surface area contributed by atoms with Gasteiger partial charge in [0, 0.05) is 23.6 Å². The molecule has 3 heterocycles. The van der Waals surface area contributed by atoms with Gasteiger partial charge in [0.05, 0.1) is 46.6 Å². The Hall–Kier alpha value is -4.68. The maximum Gasteiger partial charge on any atom is 0.214 e. The molecule has 0 saturated carbocycles. The van der Waals surface area contributed by atoms with Crippen LogP contribution >= 0.6 is 0 Å². The van der Waals surface area contributed by atoms with Gasteiger partial charge in [-0.3, -0.25) is 0 Å². The first-order valence-corrected chi connectivity index (χ1v) is 14.1. The summed E-state index contributed by atoms with van der Waals surface area (Å²) < 4.78 is 59.1. The predicted octanol–water partition coefficient (Wildman–Crippen LogP) is 7.51. The average Bonchev–Trinajstić information content (AvgIpc) is 3.52. The summed E-state index contributed by atoms with van der Waals surface area (Å²) in [6.45, 7) is 4.58. The first-order valence-electron chi connectivity index (χ1n) is 14.1. The maximum atomic E-state index is 15.5. The first kappa shape index (κ1) is 28.4. The number of pyridine rings is 1. The molecule has 1 atom stereocenters. The van der Waals surface area contributed by atoms with Gasteiger partial charge >= 0.3 is 0 Å². The molecular formula is C34H29F3N4O2. The van der Waals surface area contributed by atoms with Crippen molar-refractivity contribution in [1.82, 2.24) is 14.5 Å². The van der Waals surface area contributed by atoms with Crippen LogP contribution in [-0.2, 0) is 24.3 Å². The minimum atomic E-state index is -0.636. The minimum absolute atomic E-state index is 0.00397. The Morgan fingerprint density at radius 1 is 0.953 bits per heavy atom. The van der Waals surface area contributed by atoms with Gasteiger partial charge in [-0.2, -0.15) is 5.26 Å². The Kier molecular flexibility index (Phi) is 7.63. The van der Waals surface area contributed by atoms with Crippen LogP contribution in [0.3, 0.4) is 0 Å². The zero-order chi connectivity index (χ0) is 30.1. The van der Waals surface area contributed by atoms with E-state index in [1.165, 1.54) is 18.2 Å². The van der Waals surface area contributed by atoms with Crippen molar-refractivity contribution < 1.29 is 22.6 Å². The van der Waals surface area contributed by atoms with E-state index in [1.54, 1.807) is 18.2 Å². The molecule has 218 valence electrons. The number of fused-ring (bicyclic) bond motifs is 1. The molecule has 0 spiro atoms. The van der Waals surface area contributed by atoms with Crippen LogP contribution in [0.15, 0.2) is 72.8 Å². The third kappa shape index (κ3) is 6.11. The molecule has 5 aromatic rings. The Labute approximate surface area is 247 Å². The highest BCUT2D eigenvalue weighted by molar-refractivity contribution is 5.76. The smallest absolute Gasteiger partial charge is 0.214 e. The second kappa shape index (κ2) is 11.5. The molecular weight excluding hydrogens is 553 g/mol. The summed E-state index contributed by atoms with van der Waals surface area (Å²) in [5.74, 6) is -1.05. The van der Waals surface area contributed by atoms with E-state index in [0.717, 1.165) is 36.0 Å². The van der Waals surface area contributed by atoms with Gasteiger partial charge in [0.15, 0.2) is 0 Å². The van der Waals surface area contributed by atoms with Gasteiger partial charge in [0.25, 0.3) is 0 Å². The molecule has 3 aromatic carbocycles. The molecule has 0 radical (unpaired) electrons. The van der Waals surface area contributed by atoms with E-state index in [0.29, 0.717) is 12.4 Å². The molecule has 0 N–H and O–H groups in total. The quantitative estimate of drug-likeness (QED) is 0.189. The lowest BCUT2D eigenvalue weighted by Gasteiger charge is -2.20. The number of aromatic nitrogens is 3. The van der Waals surface area contributed by atoms with Crippen molar-refractivity contribution in [3.63, 3.8) is 0 Å². The highest BCUT2D eigenvalue weighted by atomic mass is 19.1. The molecule has 1 aliphatic rings. The fourth-order valence-electron chi connectivity index (χ4n) is 5.49. The van der Waals surface area contributed by atoms with E-state index in [1.807, 2.05) is 34.9 Å². The number of nitrogens with zero attached hydrogens (tertiary/aromatic N) is 4. The van der Waals surface area contributed by atoms with Gasteiger partial charge < -0.3 is 14.0 Å². The number of para-hydroxylation sites is 2. The van der Waals surface area contributed by atoms with Crippen molar-refractivity contribution >= 4 is 11.0 Å². The molecule has 1 fully saturated rings. The van der Waals surface area contributed by atoms with Gasteiger partial charge in [-0.25, -0.2) is 23.1 Å². The maximum absolute atomic E-state index is 15.5. The Balaban J connectivity index is 1.24. The highest BCUT2D eigenvalue weighted by Crippen LogP contribution is 2.32. The zero-order valence-electron chi connectivity index (χ0n) is 23.8. The summed E-state index contributed by atoms with van der Waals surface area (Å²) in [6.07, 6.45) is 1.97. The van der Waals surface area contributed by atoms with Crippen LogP contribution in [0.25, 0.3) is 22.3 Å². The van der Waals surface area contributed by atoms with Crippen molar-refractivity contribution in [3.05, 3.63) is 113 Å². The predicted molar refractivity (Wildman–Crippen MR) is 156 cm³/mol. The van der Waals surface area contributed by atoms with E-state index < -0.39 is 17.5 Å². The lowest BCUT2D eigenvalue weighted by molar-refractivity contribution is -0.0215. The topological polar surface area (TPSA) is 73.0 Å². The minimum Gasteiger partial charge on any atom is -0.473 e. The van der Waals surface area contributed by atoms with Crippen LogP contribution < -0.4 is 4.74 Å². The summed E-state index contributed by atoms with van der Waals surface area (Å²) in [4.78, 5) is 9.07. The lowest BCUT2D eigenvalue weighted by Crippen LogP contribution is -2.23. The van der Waals surface area contributed by atoms with E-state index in [-0.39, 0.29) is 58.6 Å². The third-order valence-electron chi connectivity index (χ3n) is 7.72. The van der Waals surface area contributed by atoms with Crippen molar-refractivity contribution in [2.45, 2.75) is 58.0 Å². The van der Waals surface area contributed by atoms with Gasteiger partial charge in [0.2, 0.25) is 5.88 Å². The Bertz CT molecular complexity index is 1860. The molecule has 1 unspecified atom stereocenters. The monoisotopic (exact) mass is 582 g/mol. The second-order valence-electron chi connectivity index (χ2n) is 11.3. The number of hydrogen-bond donors (Lipinski definition) is 0. The normalized spacial score (nSPS) is 16.0. The number of halogens is 3. The van der Waals surface area contributed by atoms with Crippen molar-refractivity contribution in [2.75, 3.05) is 0 Å². The van der Waals surface area contributed by atoms with Gasteiger partial charge in [0.1, 0.15) is 29.9 Å². The third-order valence-corrected chi connectivity index (χ3v) is 7.72.